The Balaban J connectivity index is 2.26. The van der Waals surface area contributed by atoms with E-state index >= 15 is 0 Å². The molecule has 6 nitrogen and oxygen atoms in total. The number of ether oxygens (including phenoxy) is 1. The standard InChI is InChI=1S/C9H9NO5/c11-8(10-15-9(12)13)14-6-7-4-2-1-3-5-7/h1-5H,6H2,(H,10,11)(H,12,13). The van der Waals surface area contributed by atoms with Gasteiger partial charge < -0.3 is 14.7 Å². The van der Waals surface area contributed by atoms with Gasteiger partial charge in [-0.1, -0.05) is 30.3 Å². The molecule has 1 rings (SSSR count). The number of rotatable bonds is 2. The van der Waals surface area contributed by atoms with Gasteiger partial charge in [0.1, 0.15) is 6.61 Å². The van der Waals surface area contributed by atoms with E-state index in [1.165, 1.54) is 0 Å². The molecule has 0 saturated heterocycles. The first-order valence-electron chi connectivity index (χ1n) is 4.05. The molecule has 2 N–H and O–H groups in total. The van der Waals surface area contributed by atoms with Crippen LogP contribution in [0.5, 0.6) is 0 Å². The van der Waals surface area contributed by atoms with Crippen LogP contribution in [0.1, 0.15) is 5.56 Å². The molecule has 0 bridgehead atoms. The van der Waals surface area contributed by atoms with Crippen LogP contribution in [0, 0.1) is 0 Å². The predicted octanol–water partition coefficient (Wildman–Crippen LogP) is 1.52. The smallest absolute Gasteiger partial charge is 0.448 e. The number of hydrogen-bond donors (Lipinski definition) is 2. The molecule has 0 saturated carbocycles. The number of carboxylic acid groups (broad SMARTS) is 1. The zero-order valence-corrected chi connectivity index (χ0v) is 7.67. The molecule has 0 aromatic heterocycles. The molecule has 1 aromatic carbocycles. The molecule has 0 spiro atoms. The second-order valence-corrected chi connectivity index (χ2v) is 2.53. The lowest BCUT2D eigenvalue weighted by atomic mass is 10.2. The Bertz CT molecular complexity index is 338. The van der Waals surface area contributed by atoms with Crippen LogP contribution in [0.4, 0.5) is 9.59 Å². The fourth-order valence-corrected chi connectivity index (χ4v) is 0.838. The van der Waals surface area contributed by atoms with Crippen molar-refractivity contribution in [1.82, 2.24) is 5.48 Å². The van der Waals surface area contributed by atoms with E-state index in [0.717, 1.165) is 5.56 Å². The summed E-state index contributed by atoms with van der Waals surface area (Å²) in [5.74, 6) is 0. The second-order valence-electron chi connectivity index (χ2n) is 2.53. The lowest BCUT2D eigenvalue weighted by Gasteiger charge is -2.04. The van der Waals surface area contributed by atoms with Gasteiger partial charge in [-0.15, -0.1) is 5.48 Å². The number of nitrogens with one attached hydrogen (secondary N) is 1. The van der Waals surface area contributed by atoms with Crippen LogP contribution in [-0.2, 0) is 16.2 Å². The molecular formula is C9H9NO5. The summed E-state index contributed by atoms with van der Waals surface area (Å²) in [7, 11) is 0. The van der Waals surface area contributed by atoms with Crippen LogP contribution >= 0.6 is 0 Å². The Morgan fingerprint density at radius 3 is 2.53 bits per heavy atom. The predicted molar refractivity (Wildman–Crippen MR) is 48.9 cm³/mol. The number of carbonyl (C=O) groups excluding carboxylic acids is 1. The first kappa shape index (κ1) is 10.8. The summed E-state index contributed by atoms with van der Waals surface area (Å²) in [5.41, 5.74) is 2.39. The average Bonchev–Trinajstić information content (AvgIpc) is 2.25. The molecule has 0 aliphatic carbocycles. The molecule has 0 aliphatic heterocycles. The van der Waals surface area contributed by atoms with Gasteiger partial charge in [-0.2, -0.15) is 0 Å². The molecule has 1 aromatic rings. The molecule has 80 valence electrons. The summed E-state index contributed by atoms with van der Waals surface area (Å²) in [6.07, 6.45) is -2.56. The van der Waals surface area contributed by atoms with E-state index in [9.17, 15) is 9.59 Å². The minimum Gasteiger partial charge on any atom is -0.448 e. The van der Waals surface area contributed by atoms with Crippen molar-refractivity contribution in [2.75, 3.05) is 0 Å². The summed E-state index contributed by atoms with van der Waals surface area (Å²) in [6, 6.07) is 8.96. The van der Waals surface area contributed by atoms with Crippen LogP contribution in [-0.4, -0.2) is 17.4 Å². The molecule has 0 aliphatic rings. The molecule has 1 amide bonds. The molecule has 0 heterocycles. The molecule has 6 heteroatoms. The van der Waals surface area contributed by atoms with E-state index in [0.29, 0.717) is 0 Å². The fourth-order valence-electron chi connectivity index (χ4n) is 0.838. The lowest BCUT2D eigenvalue weighted by molar-refractivity contribution is 0.0316. The summed E-state index contributed by atoms with van der Waals surface area (Å²) in [5, 5.41) is 8.06. The summed E-state index contributed by atoms with van der Waals surface area (Å²) in [6.45, 7) is 0.0512. The zero-order valence-electron chi connectivity index (χ0n) is 7.67. The minimum absolute atomic E-state index is 0.0512. The maximum atomic E-state index is 10.8. The lowest BCUT2D eigenvalue weighted by Crippen LogP contribution is -2.26. The van der Waals surface area contributed by atoms with Gasteiger partial charge >= 0.3 is 12.2 Å². The number of hydroxylamine groups is 1. The Morgan fingerprint density at radius 1 is 1.27 bits per heavy atom. The molecule has 15 heavy (non-hydrogen) atoms. The highest BCUT2D eigenvalue weighted by Crippen LogP contribution is 2.00. The van der Waals surface area contributed by atoms with E-state index in [-0.39, 0.29) is 6.61 Å². The third kappa shape index (κ3) is 4.51. The third-order valence-electron chi connectivity index (χ3n) is 1.43. The van der Waals surface area contributed by atoms with Crippen LogP contribution in [0.2, 0.25) is 0 Å². The maximum Gasteiger partial charge on any atom is 0.530 e. The third-order valence-corrected chi connectivity index (χ3v) is 1.43. The van der Waals surface area contributed by atoms with Crippen molar-refractivity contribution in [3.63, 3.8) is 0 Å². The van der Waals surface area contributed by atoms with Gasteiger partial charge in [-0.05, 0) is 5.56 Å². The number of benzene rings is 1. The number of hydrogen-bond acceptors (Lipinski definition) is 4. The molecule has 0 unspecified atom stereocenters. The van der Waals surface area contributed by atoms with Crippen LogP contribution in [0.25, 0.3) is 0 Å². The van der Waals surface area contributed by atoms with Gasteiger partial charge in [0.05, 0.1) is 0 Å². The maximum absolute atomic E-state index is 10.8. The van der Waals surface area contributed by atoms with E-state index < -0.39 is 12.2 Å². The summed E-state index contributed by atoms with van der Waals surface area (Å²) < 4.78 is 4.64. The monoisotopic (exact) mass is 211 g/mol. The average molecular weight is 211 g/mol. The largest absolute Gasteiger partial charge is 0.530 e. The van der Waals surface area contributed by atoms with Crippen LogP contribution in [0.15, 0.2) is 30.3 Å². The van der Waals surface area contributed by atoms with Gasteiger partial charge in [0, 0.05) is 0 Å². The van der Waals surface area contributed by atoms with Gasteiger partial charge in [-0.3, -0.25) is 0 Å². The first-order valence-corrected chi connectivity index (χ1v) is 4.05. The van der Waals surface area contributed by atoms with Crippen molar-refractivity contribution in [1.29, 1.82) is 0 Å². The number of amides is 1. The van der Waals surface area contributed by atoms with Crippen molar-refractivity contribution in [2.24, 2.45) is 0 Å². The number of carbonyl (C=O) groups is 2. The Kier molecular flexibility index (Phi) is 3.96. The van der Waals surface area contributed by atoms with Crippen molar-refractivity contribution in [3.8, 4) is 0 Å². The van der Waals surface area contributed by atoms with Crippen molar-refractivity contribution >= 4 is 12.2 Å². The quantitative estimate of drug-likeness (QED) is 0.724. The second kappa shape index (κ2) is 5.48. The molecule has 0 fully saturated rings. The van der Waals surface area contributed by atoms with Crippen LogP contribution in [0.3, 0.4) is 0 Å². The Labute approximate surface area is 85.4 Å². The highest BCUT2D eigenvalue weighted by Gasteiger charge is 2.04. The van der Waals surface area contributed by atoms with E-state index in [1.54, 1.807) is 29.7 Å². The zero-order chi connectivity index (χ0) is 11.1. The normalized spacial score (nSPS) is 9.07. The molecule has 0 radical (unpaired) electrons. The molecule has 0 atom stereocenters. The summed E-state index contributed by atoms with van der Waals surface area (Å²) >= 11 is 0. The fraction of sp³-hybridized carbons (Fsp3) is 0.111. The SMILES string of the molecule is O=C(O)ONC(=O)OCc1ccccc1. The van der Waals surface area contributed by atoms with E-state index in [1.807, 2.05) is 6.07 Å². The Morgan fingerprint density at radius 2 is 1.93 bits per heavy atom. The van der Waals surface area contributed by atoms with Crippen molar-refractivity contribution < 1.29 is 24.3 Å². The first-order chi connectivity index (χ1) is 7.18. The van der Waals surface area contributed by atoms with Gasteiger partial charge in [0.15, 0.2) is 0 Å². The van der Waals surface area contributed by atoms with Gasteiger partial charge in [0.2, 0.25) is 0 Å². The Hall–Kier alpha value is -2.24. The van der Waals surface area contributed by atoms with Gasteiger partial charge in [-0.25, -0.2) is 9.59 Å². The van der Waals surface area contributed by atoms with Crippen LogP contribution < -0.4 is 5.48 Å². The van der Waals surface area contributed by atoms with E-state index in [4.69, 9.17) is 5.11 Å². The van der Waals surface area contributed by atoms with Crippen molar-refractivity contribution in [3.05, 3.63) is 35.9 Å². The summed E-state index contributed by atoms with van der Waals surface area (Å²) in [4.78, 5) is 24.5. The van der Waals surface area contributed by atoms with Crippen molar-refractivity contribution in [2.45, 2.75) is 6.61 Å². The minimum atomic E-state index is -1.60. The topological polar surface area (TPSA) is 84.9 Å². The van der Waals surface area contributed by atoms with E-state index in [2.05, 4.69) is 9.57 Å². The highest BCUT2D eigenvalue weighted by atomic mass is 16.8. The highest BCUT2D eigenvalue weighted by molar-refractivity contribution is 5.68. The molecular weight excluding hydrogens is 202 g/mol. The van der Waals surface area contributed by atoms with Gasteiger partial charge in [0.25, 0.3) is 0 Å².